The van der Waals surface area contributed by atoms with E-state index in [1.807, 2.05) is 16.6 Å². The Labute approximate surface area is 212 Å². The Morgan fingerprint density at radius 2 is 1.19 bits per heavy atom. The zero-order valence-electron chi connectivity index (χ0n) is 21.1. The van der Waals surface area contributed by atoms with E-state index in [-0.39, 0.29) is 0 Å². The Hall–Kier alpha value is -3.62. The minimum absolute atomic E-state index is 0.601. The summed E-state index contributed by atoms with van der Waals surface area (Å²) >= 11 is 0. The van der Waals surface area contributed by atoms with Crippen LogP contribution in [0, 0.1) is 0 Å². The molecule has 0 atom stereocenters. The number of fused-ring (bicyclic) bond motifs is 1. The smallest absolute Gasteiger partial charge is 0.247 e. The monoisotopic (exact) mass is 482 g/mol. The lowest BCUT2D eigenvalue weighted by Crippen LogP contribution is -2.44. The molecule has 2 aromatic carbocycles. The maximum Gasteiger partial charge on any atom is 0.247 e. The fourth-order valence-corrected chi connectivity index (χ4v) is 5.03. The average molecular weight is 483 g/mol. The highest BCUT2D eigenvalue weighted by Crippen LogP contribution is 2.26. The zero-order chi connectivity index (χ0) is 24.5. The zero-order valence-corrected chi connectivity index (χ0v) is 21.1. The van der Waals surface area contributed by atoms with Crippen molar-refractivity contribution in [3.05, 3.63) is 66.7 Å². The Kier molecular flexibility index (Phi) is 6.21. The van der Waals surface area contributed by atoms with Gasteiger partial charge in [0.05, 0.1) is 5.69 Å². The van der Waals surface area contributed by atoms with E-state index in [0.717, 1.165) is 74.9 Å². The molecule has 4 heterocycles. The molecule has 2 fully saturated rings. The van der Waals surface area contributed by atoms with Crippen LogP contribution >= 0.6 is 0 Å². The van der Waals surface area contributed by atoms with E-state index >= 15 is 0 Å². The SMILES string of the molecule is CN1CCN(c2ccc(Nc3nc4cccc(-c5ccc(N6CCN(C)CC6)cc5)n4n3)cc2)CC1. The third-order valence-electron chi connectivity index (χ3n) is 7.38. The summed E-state index contributed by atoms with van der Waals surface area (Å²) in [6.07, 6.45) is 0. The van der Waals surface area contributed by atoms with Crippen LogP contribution in [0.4, 0.5) is 23.0 Å². The molecule has 8 nitrogen and oxygen atoms in total. The fraction of sp³-hybridized carbons (Fsp3) is 0.357. The molecule has 2 aromatic heterocycles. The number of pyridine rings is 1. The number of nitrogens with zero attached hydrogens (tertiary/aromatic N) is 7. The number of anilines is 4. The number of hydrogen-bond acceptors (Lipinski definition) is 7. The number of piperazine rings is 2. The summed E-state index contributed by atoms with van der Waals surface area (Å²) in [5.74, 6) is 0.601. The lowest BCUT2D eigenvalue weighted by Gasteiger charge is -2.34. The first-order valence-corrected chi connectivity index (χ1v) is 12.8. The number of likely N-dealkylation sites (N-methyl/N-ethyl adjacent to an activating group) is 2. The highest BCUT2D eigenvalue weighted by atomic mass is 15.4. The number of rotatable bonds is 5. The molecule has 0 saturated carbocycles. The Morgan fingerprint density at radius 1 is 0.639 bits per heavy atom. The van der Waals surface area contributed by atoms with Gasteiger partial charge in [0, 0.05) is 75.0 Å². The van der Waals surface area contributed by atoms with Crippen molar-refractivity contribution in [3.63, 3.8) is 0 Å². The molecule has 0 radical (unpaired) electrons. The van der Waals surface area contributed by atoms with Crippen molar-refractivity contribution in [1.82, 2.24) is 24.4 Å². The Balaban J connectivity index is 1.18. The van der Waals surface area contributed by atoms with Gasteiger partial charge in [-0.15, -0.1) is 5.10 Å². The molecule has 4 aromatic rings. The van der Waals surface area contributed by atoms with E-state index in [0.29, 0.717) is 5.95 Å². The van der Waals surface area contributed by atoms with Crippen LogP contribution in [0.3, 0.4) is 0 Å². The van der Waals surface area contributed by atoms with Gasteiger partial charge in [0.2, 0.25) is 5.95 Å². The topological polar surface area (TPSA) is 55.2 Å². The van der Waals surface area contributed by atoms with Crippen LogP contribution in [0.25, 0.3) is 16.9 Å². The largest absolute Gasteiger partial charge is 0.369 e. The van der Waals surface area contributed by atoms with Gasteiger partial charge in [-0.3, -0.25) is 0 Å². The molecule has 2 aliphatic heterocycles. The molecule has 0 spiro atoms. The minimum atomic E-state index is 0.601. The molecule has 0 unspecified atom stereocenters. The molecule has 2 saturated heterocycles. The van der Waals surface area contributed by atoms with Crippen molar-refractivity contribution >= 4 is 28.7 Å². The van der Waals surface area contributed by atoms with Crippen molar-refractivity contribution in [2.24, 2.45) is 0 Å². The second-order valence-corrected chi connectivity index (χ2v) is 9.92. The normalized spacial score (nSPS) is 17.6. The highest BCUT2D eigenvalue weighted by Gasteiger charge is 2.16. The van der Waals surface area contributed by atoms with Crippen molar-refractivity contribution in [2.45, 2.75) is 0 Å². The van der Waals surface area contributed by atoms with Gasteiger partial charge in [-0.1, -0.05) is 18.2 Å². The second-order valence-electron chi connectivity index (χ2n) is 9.92. The summed E-state index contributed by atoms with van der Waals surface area (Å²) in [6, 6.07) is 23.5. The molecular formula is C28H34N8. The predicted octanol–water partition coefficient (Wildman–Crippen LogP) is 3.64. The van der Waals surface area contributed by atoms with Gasteiger partial charge in [-0.25, -0.2) is 4.52 Å². The first-order chi connectivity index (χ1) is 17.6. The second kappa shape index (κ2) is 9.79. The van der Waals surface area contributed by atoms with Gasteiger partial charge in [0.1, 0.15) is 0 Å². The van der Waals surface area contributed by atoms with E-state index < -0.39 is 0 Å². The molecule has 1 N–H and O–H groups in total. The van der Waals surface area contributed by atoms with Gasteiger partial charge in [0.15, 0.2) is 5.65 Å². The summed E-state index contributed by atoms with van der Waals surface area (Å²) in [4.78, 5) is 14.4. The molecule has 186 valence electrons. The molecular weight excluding hydrogens is 448 g/mol. The van der Waals surface area contributed by atoms with Crippen LogP contribution < -0.4 is 15.1 Å². The molecule has 8 heteroatoms. The number of nitrogens with one attached hydrogen (secondary N) is 1. The molecule has 0 aliphatic carbocycles. The first-order valence-electron chi connectivity index (χ1n) is 12.8. The predicted molar refractivity (Wildman–Crippen MR) is 148 cm³/mol. The van der Waals surface area contributed by atoms with E-state index in [9.17, 15) is 0 Å². The van der Waals surface area contributed by atoms with E-state index in [1.54, 1.807) is 0 Å². The third kappa shape index (κ3) is 4.74. The molecule has 0 bridgehead atoms. The van der Waals surface area contributed by atoms with E-state index in [2.05, 4.69) is 93.6 Å². The molecule has 0 amide bonds. The van der Waals surface area contributed by atoms with Gasteiger partial charge in [-0.2, -0.15) is 4.98 Å². The van der Waals surface area contributed by atoms with Crippen LogP contribution in [0.5, 0.6) is 0 Å². The molecule has 6 rings (SSSR count). The quantitative estimate of drug-likeness (QED) is 0.466. The first kappa shape index (κ1) is 22.8. The Bertz CT molecular complexity index is 1300. The summed E-state index contributed by atoms with van der Waals surface area (Å²) < 4.78 is 1.92. The van der Waals surface area contributed by atoms with Gasteiger partial charge in [0.25, 0.3) is 0 Å². The fourth-order valence-electron chi connectivity index (χ4n) is 5.03. The Morgan fingerprint density at radius 3 is 1.78 bits per heavy atom. The average Bonchev–Trinajstić information content (AvgIpc) is 3.33. The van der Waals surface area contributed by atoms with Crippen LogP contribution in [-0.2, 0) is 0 Å². The molecule has 36 heavy (non-hydrogen) atoms. The maximum atomic E-state index is 4.79. The highest BCUT2D eigenvalue weighted by molar-refractivity contribution is 5.67. The summed E-state index contributed by atoms with van der Waals surface area (Å²) in [6.45, 7) is 8.69. The summed E-state index contributed by atoms with van der Waals surface area (Å²) in [5.41, 5.74) is 6.52. The number of benzene rings is 2. The minimum Gasteiger partial charge on any atom is -0.369 e. The van der Waals surface area contributed by atoms with Crippen molar-refractivity contribution in [2.75, 3.05) is 81.6 Å². The van der Waals surface area contributed by atoms with E-state index in [4.69, 9.17) is 10.1 Å². The van der Waals surface area contributed by atoms with Gasteiger partial charge in [-0.05, 0) is 62.6 Å². The maximum absolute atomic E-state index is 4.79. The van der Waals surface area contributed by atoms with Crippen molar-refractivity contribution < 1.29 is 0 Å². The molecule has 2 aliphatic rings. The van der Waals surface area contributed by atoms with Crippen molar-refractivity contribution in [3.8, 4) is 11.3 Å². The van der Waals surface area contributed by atoms with Gasteiger partial charge >= 0.3 is 0 Å². The lowest BCUT2D eigenvalue weighted by molar-refractivity contribution is 0.313. The summed E-state index contributed by atoms with van der Waals surface area (Å²) in [5, 5.41) is 8.17. The van der Waals surface area contributed by atoms with Crippen molar-refractivity contribution in [1.29, 1.82) is 0 Å². The van der Waals surface area contributed by atoms with Crippen LogP contribution in [0.2, 0.25) is 0 Å². The summed E-state index contributed by atoms with van der Waals surface area (Å²) in [7, 11) is 4.37. The van der Waals surface area contributed by atoms with Gasteiger partial charge < -0.3 is 24.9 Å². The third-order valence-corrected chi connectivity index (χ3v) is 7.38. The van der Waals surface area contributed by atoms with E-state index in [1.165, 1.54) is 11.4 Å². The lowest BCUT2D eigenvalue weighted by atomic mass is 10.1. The van der Waals surface area contributed by atoms with Crippen LogP contribution in [0.1, 0.15) is 0 Å². The standard InChI is InChI=1S/C28H34N8/c1-32-14-18-34(19-15-32)24-10-6-22(7-11-24)26-4-3-5-27-30-28(31-36(26)27)29-23-8-12-25(13-9-23)35-20-16-33(2)17-21-35/h3-13H,14-21H2,1-2H3,(H,29,31). The van der Waals surface area contributed by atoms with Crippen LogP contribution in [0.15, 0.2) is 66.7 Å². The number of aromatic nitrogens is 3. The number of hydrogen-bond donors (Lipinski definition) is 1. The van der Waals surface area contributed by atoms with Crippen LogP contribution in [-0.4, -0.2) is 90.9 Å².